The Morgan fingerprint density at radius 2 is 2.11 bits per heavy atom. The van der Waals surface area contributed by atoms with Gasteiger partial charge < -0.3 is 4.74 Å². The number of carbonyl (C=O) groups excluding carboxylic acids is 2. The molecule has 0 atom stereocenters. The number of hydrogen-bond acceptors (Lipinski definition) is 6. The van der Waals surface area contributed by atoms with Crippen molar-refractivity contribution in [1.29, 1.82) is 0 Å². The number of nitrogens with zero attached hydrogens (tertiary/aromatic N) is 1. The molecule has 0 N–H and O–H groups in total. The van der Waals surface area contributed by atoms with E-state index in [-0.39, 0.29) is 29.4 Å². The minimum atomic E-state index is -0.570. The number of Topliss-reactive ketones (excluding diaryl/α,β-unsaturated/α-hetero) is 1. The van der Waals surface area contributed by atoms with Gasteiger partial charge in [0, 0.05) is 11.6 Å². The summed E-state index contributed by atoms with van der Waals surface area (Å²) in [5, 5.41) is 10.9. The molecule has 6 nitrogen and oxygen atoms in total. The summed E-state index contributed by atoms with van der Waals surface area (Å²) in [7, 11) is 0. The van der Waals surface area contributed by atoms with Crippen LogP contribution in [-0.2, 0) is 9.53 Å². The monoisotopic (exact) mass is 283 g/mol. The van der Waals surface area contributed by atoms with Gasteiger partial charge in [0.2, 0.25) is 0 Å². The number of thioether (sulfide) groups is 1. The molecule has 0 fully saturated rings. The van der Waals surface area contributed by atoms with Crippen LogP contribution in [0.1, 0.15) is 24.2 Å². The van der Waals surface area contributed by atoms with E-state index in [4.69, 9.17) is 4.74 Å². The fourth-order valence-electron chi connectivity index (χ4n) is 1.34. The Labute approximate surface area is 114 Å². The SMILES string of the molecule is CCOC(=O)CSc1ccc(C(C)=O)cc1[N+](=O)[O-]. The fraction of sp³-hybridized carbons (Fsp3) is 0.333. The van der Waals surface area contributed by atoms with Crippen LogP contribution in [-0.4, -0.2) is 29.0 Å². The lowest BCUT2D eigenvalue weighted by atomic mass is 10.1. The highest BCUT2D eigenvalue weighted by Gasteiger charge is 2.17. The van der Waals surface area contributed by atoms with E-state index in [0.717, 1.165) is 11.8 Å². The Balaban J connectivity index is 2.91. The minimum absolute atomic E-state index is 0.00586. The Hall–Kier alpha value is -1.89. The van der Waals surface area contributed by atoms with Crippen molar-refractivity contribution in [2.45, 2.75) is 18.7 Å². The van der Waals surface area contributed by atoms with Gasteiger partial charge in [0.25, 0.3) is 5.69 Å². The zero-order valence-corrected chi connectivity index (χ0v) is 11.4. The summed E-state index contributed by atoms with van der Waals surface area (Å²) in [4.78, 5) is 33.1. The van der Waals surface area contributed by atoms with E-state index in [1.807, 2.05) is 0 Å². The molecule has 0 saturated carbocycles. The van der Waals surface area contributed by atoms with E-state index in [2.05, 4.69) is 0 Å². The highest BCUT2D eigenvalue weighted by Crippen LogP contribution is 2.30. The summed E-state index contributed by atoms with van der Waals surface area (Å²) < 4.78 is 4.74. The molecule has 1 aromatic rings. The van der Waals surface area contributed by atoms with Crippen LogP contribution in [0.15, 0.2) is 23.1 Å². The fourth-order valence-corrected chi connectivity index (χ4v) is 2.14. The summed E-state index contributed by atoms with van der Waals surface area (Å²) >= 11 is 1.02. The molecule has 0 aliphatic heterocycles. The second-order valence-corrected chi connectivity index (χ2v) is 4.61. The molecule has 0 aliphatic carbocycles. The van der Waals surface area contributed by atoms with Gasteiger partial charge in [-0.05, 0) is 26.0 Å². The quantitative estimate of drug-likeness (QED) is 0.262. The van der Waals surface area contributed by atoms with Crippen LogP contribution in [0, 0.1) is 10.1 Å². The van der Waals surface area contributed by atoms with E-state index in [1.54, 1.807) is 6.92 Å². The van der Waals surface area contributed by atoms with Crippen molar-refractivity contribution in [1.82, 2.24) is 0 Å². The van der Waals surface area contributed by atoms with Crippen LogP contribution in [0.4, 0.5) is 5.69 Å². The first kappa shape index (κ1) is 15.2. The van der Waals surface area contributed by atoms with Crippen LogP contribution in [0.25, 0.3) is 0 Å². The van der Waals surface area contributed by atoms with Crippen molar-refractivity contribution in [3.05, 3.63) is 33.9 Å². The number of hydrogen-bond donors (Lipinski definition) is 0. The van der Waals surface area contributed by atoms with E-state index >= 15 is 0 Å². The third-order valence-corrected chi connectivity index (χ3v) is 3.25. The number of ketones is 1. The number of ether oxygens (including phenoxy) is 1. The lowest BCUT2D eigenvalue weighted by Gasteiger charge is -2.04. The van der Waals surface area contributed by atoms with Crippen LogP contribution in [0.2, 0.25) is 0 Å². The van der Waals surface area contributed by atoms with E-state index < -0.39 is 10.9 Å². The number of nitro benzene ring substituents is 1. The molecule has 7 heteroatoms. The molecule has 0 aromatic heterocycles. The van der Waals surface area contributed by atoms with E-state index in [1.165, 1.54) is 25.1 Å². The van der Waals surface area contributed by atoms with Gasteiger partial charge in [-0.15, -0.1) is 11.8 Å². The van der Waals surface area contributed by atoms with Gasteiger partial charge in [0.1, 0.15) is 0 Å². The highest BCUT2D eigenvalue weighted by molar-refractivity contribution is 8.00. The molecule has 0 heterocycles. The molecule has 102 valence electrons. The average molecular weight is 283 g/mol. The summed E-state index contributed by atoms with van der Waals surface area (Å²) in [6.07, 6.45) is 0. The molecule has 0 amide bonds. The molecular formula is C12H13NO5S. The molecular weight excluding hydrogens is 270 g/mol. The second-order valence-electron chi connectivity index (χ2n) is 3.59. The molecule has 1 aromatic carbocycles. The van der Waals surface area contributed by atoms with Gasteiger partial charge in [0.05, 0.1) is 22.2 Å². The number of carbonyl (C=O) groups is 2. The van der Waals surface area contributed by atoms with Crippen LogP contribution in [0.5, 0.6) is 0 Å². The maximum atomic E-state index is 11.2. The molecule has 0 saturated heterocycles. The summed E-state index contributed by atoms with van der Waals surface area (Å²) in [6, 6.07) is 4.19. The first-order valence-corrected chi connectivity index (χ1v) is 6.52. The smallest absolute Gasteiger partial charge is 0.316 e. The summed E-state index contributed by atoms with van der Waals surface area (Å²) in [6.45, 7) is 3.29. The van der Waals surface area contributed by atoms with Crippen molar-refractivity contribution < 1.29 is 19.2 Å². The molecule has 0 unspecified atom stereocenters. The summed E-state index contributed by atoms with van der Waals surface area (Å²) in [5.74, 6) is -0.684. The van der Waals surface area contributed by atoms with Gasteiger partial charge in [0.15, 0.2) is 5.78 Å². The van der Waals surface area contributed by atoms with Crippen molar-refractivity contribution in [3.8, 4) is 0 Å². The molecule has 0 bridgehead atoms. The lowest BCUT2D eigenvalue weighted by Crippen LogP contribution is -2.07. The predicted octanol–water partition coefficient (Wildman–Crippen LogP) is 2.45. The first-order valence-electron chi connectivity index (χ1n) is 5.53. The van der Waals surface area contributed by atoms with Crippen LogP contribution < -0.4 is 0 Å². The third-order valence-electron chi connectivity index (χ3n) is 2.21. The zero-order valence-electron chi connectivity index (χ0n) is 10.5. The molecule has 0 radical (unpaired) electrons. The second kappa shape index (κ2) is 6.89. The number of rotatable bonds is 6. The predicted molar refractivity (Wildman–Crippen MR) is 70.5 cm³/mol. The molecule has 0 aliphatic rings. The van der Waals surface area contributed by atoms with Gasteiger partial charge in [-0.2, -0.15) is 0 Å². The first-order chi connectivity index (χ1) is 8.95. The lowest BCUT2D eigenvalue weighted by molar-refractivity contribution is -0.387. The maximum absolute atomic E-state index is 11.2. The normalized spacial score (nSPS) is 10.0. The van der Waals surface area contributed by atoms with Gasteiger partial charge in [-0.1, -0.05) is 0 Å². The number of esters is 1. The topological polar surface area (TPSA) is 86.5 Å². The highest BCUT2D eigenvalue weighted by atomic mass is 32.2. The largest absolute Gasteiger partial charge is 0.465 e. The van der Waals surface area contributed by atoms with Gasteiger partial charge >= 0.3 is 5.97 Å². The van der Waals surface area contributed by atoms with Crippen molar-refractivity contribution in [3.63, 3.8) is 0 Å². The van der Waals surface area contributed by atoms with Crippen molar-refractivity contribution in [2.75, 3.05) is 12.4 Å². The molecule has 1 rings (SSSR count). The zero-order chi connectivity index (χ0) is 14.4. The average Bonchev–Trinajstić information content (AvgIpc) is 2.36. The Kier molecular flexibility index (Phi) is 5.50. The van der Waals surface area contributed by atoms with Crippen molar-refractivity contribution in [2.24, 2.45) is 0 Å². The van der Waals surface area contributed by atoms with E-state index in [0.29, 0.717) is 4.90 Å². The van der Waals surface area contributed by atoms with Crippen LogP contribution in [0.3, 0.4) is 0 Å². The standard InChI is InChI=1S/C12H13NO5S/c1-3-18-12(15)7-19-11-5-4-9(8(2)14)6-10(11)13(16)17/h4-6H,3,7H2,1-2H3. The Morgan fingerprint density at radius 1 is 1.42 bits per heavy atom. The Bertz CT molecular complexity index is 515. The maximum Gasteiger partial charge on any atom is 0.316 e. The van der Waals surface area contributed by atoms with E-state index in [9.17, 15) is 19.7 Å². The van der Waals surface area contributed by atoms with Gasteiger partial charge in [-0.3, -0.25) is 19.7 Å². The van der Waals surface area contributed by atoms with Gasteiger partial charge in [-0.25, -0.2) is 0 Å². The van der Waals surface area contributed by atoms with Crippen molar-refractivity contribution >= 4 is 29.2 Å². The third kappa shape index (κ3) is 4.36. The van der Waals surface area contributed by atoms with Crippen LogP contribution >= 0.6 is 11.8 Å². The Morgan fingerprint density at radius 3 is 2.63 bits per heavy atom. The number of benzene rings is 1. The summed E-state index contributed by atoms with van der Waals surface area (Å²) in [5.41, 5.74) is 0.0918. The minimum Gasteiger partial charge on any atom is -0.465 e. The molecule has 19 heavy (non-hydrogen) atoms. The number of nitro groups is 1. The molecule has 0 spiro atoms.